The van der Waals surface area contributed by atoms with Crippen molar-refractivity contribution in [2.24, 2.45) is 0 Å². The van der Waals surface area contributed by atoms with Crippen molar-refractivity contribution in [3.63, 3.8) is 0 Å². The second-order valence-electron chi connectivity index (χ2n) is 9.30. The molecule has 0 fully saturated rings. The summed E-state index contributed by atoms with van der Waals surface area (Å²) in [6, 6.07) is 19.2. The van der Waals surface area contributed by atoms with Crippen LogP contribution in [0.2, 0.25) is 5.02 Å². The third-order valence-corrected chi connectivity index (χ3v) is 6.57. The van der Waals surface area contributed by atoms with Gasteiger partial charge in [0, 0.05) is 72.8 Å². The Kier molecular flexibility index (Phi) is 10.7. The number of methoxy groups -OCH3 is 1. The Morgan fingerprint density at radius 2 is 1.76 bits per heavy atom. The highest BCUT2D eigenvalue weighted by Gasteiger charge is 2.16. The second-order valence-corrected chi connectivity index (χ2v) is 9.71. The average molecular weight is 589 g/mol. The zero-order chi connectivity index (χ0) is 29.9. The lowest BCUT2D eigenvalue weighted by Crippen LogP contribution is -2.30. The van der Waals surface area contributed by atoms with E-state index in [1.165, 1.54) is 26.3 Å². The zero-order valence-electron chi connectivity index (χ0n) is 23.2. The van der Waals surface area contributed by atoms with Crippen molar-refractivity contribution < 1.29 is 23.4 Å². The number of halogens is 2. The Bertz CT molecular complexity index is 1590. The van der Waals surface area contributed by atoms with Crippen molar-refractivity contribution in [1.29, 1.82) is 5.26 Å². The van der Waals surface area contributed by atoms with Gasteiger partial charge >= 0.3 is 0 Å². The third kappa shape index (κ3) is 7.97. The monoisotopic (exact) mass is 588 g/mol. The number of amides is 1. The number of nitrogens with one attached hydrogen (secondary N) is 2. The summed E-state index contributed by atoms with van der Waals surface area (Å²) in [6.07, 6.45) is 3.12. The lowest BCUT2D eigenvalue weighted by Gasteiger charge is -2.18. The molecule has 1 heterocycles. The van der Waals surface area contributed by atoms with Gasteiger partial charge < -0.3 is 24.8 Å². The number of carbonyl (C=O) groups excluding carboxylic acids is 1. The van der Waals surface area contributed by atoms with Crippen LogP contribution < -0.4 is 24.8 Å². The van der Waals surface area contributed by atoms with Crippen LogP contribution in [0.15, 0.2) is 73.1 Å². The predicted molar refractivity (Wildman–Crippen MR) is 158 cm³/mol. The smallest absolute Gasteiger partial charge is 0.216 e. The van der Waals surface area contributed by atoms with Crippen molar-refractivity contribution >= 4 is 17.5 Å². The van der Waals surface area contributed by atoms with Gasteiger partial charge in [-0.1, -0.05) is 48.0 Å². The highest BCUT2D eigenvalue weighted by molar-refractivity contribution is 6.32. The van der Waals surface area contributed by atoms with E-state index in [1.54, 1.807) is 48.7 Å². The van der Waals surface area contributed by atoms with Gasteiger partial charge in [0.25, 0.3) is 0 Å². The van der Waals surface area contributed by atoms with Crippen LogP contribution in [0.4, 0.5) is 4.39 Å². The second kappa shape index (κ2) is 14.8. The number of hydrogen-bond acceptors (Lipinski definition) is 7. The Morgan fingerprint density at radius 3 is 2.52 bits per heavy atom. The number of hydrogen-bond donors (Lipinski definition) is 2. The van der Waals surface area contributed by atoms with Crippen LogP contribution in [0, 0.1) is 17.1 Å². The molecule has 1 amide bonds. The van der Waals surface area contributed by atoms with Gasteiger partial charge in [0.2, 0.25) is 5.91 Å². The molecule has 42 heavy (non-hydrogen) atoms. The van der Waals surface area contributed by atoms with Gasteiger partial charge in [0.05, 0.1) is 17.7 Å². The summed E-state index contributed by atoms with van der Waals surface area (Å²) in [4.78, 5) is 15.2. The molecule has 4 rings (SSSR count). The molecule has 0 aliphatic rings. The van der Waals surface area contributed by atoms with Gasteiger partial charge in [-0.15, -0.1) is 0 Å². The van der Waals surface area contributed by atoms with E-state index in [1.807, 2.05) is 12.1 Å². The number of nitriles is 1. The lowest BCUT2D eigenvalue weighted by molar-refractivity contribution is -0.118. The predicted octanol–water partition coefficient (Wildman–Crippen LogP) is 5.81. The van der Waals surface area contributed by atoms with Crippen LogP contribution >= 0.6 is 11.6 Å². The van der Waals surface area contributed by atoms with E-state index in [9.17, 15) is 14.4 Å². The normalized spacial score (nSPS) is 10.5. The quantitative estimate of drug-likeness (QED) is 0.190. The van der Waals surface area contributed by atoms with E-state index in [4.69, 9.17) is 25.8 Å². The molecule has 0 atom stereocenters. The van der Waals surface area contributed by atoms with Gasteiger partial charge in [-0.25, -0.2) is 4.39 Å². The number of pyridine rings is 1. The summed E-state index contributed by atoms with van der Waals surface area (Å²) >= 11 is 6.64. The van der Waals surface area contributed by atoms with Crippen LogP contribution in [-0.2, 0) is 24.6 Å². The maximum atomic E-state index is 14.6. The molecule has 0 unspecified atom stereocenters. The zero-order valence-corrected chi connectivity index (χ0v) is 24.0. The number of ether oxygens (including phenoxy) is 3. The number of para-hydroxylation sites is 1. The fourth-order valence-corrected chi connectivity index (χ4v) is 4.53. The van der Waals surface area contributed by atoms with Gasteiger partial charge in [-0.3, -0.25) is 9.78 Å². The molecular formula is C32H30ClFN4O4. The van der Waals surface area contributed by atoms with Gasteiger partial charge in [0.15, 0.2) is 0 Å². The molecule has 0 saturated heterocycles. The van der Waals surface area contributed by atoms with Gasteiger partial charge in [-0.05, 0) is 18.2 Å². The summed E-state index contributed by atoms with van der Waals surface area (Å²) in [5.74, 6) is 0.956. The number of aromatic nitrogens is 1. The Balaban J connectivity index is 1.56. The van der Waals surface area contributed by atoms with Crippen LogP contribution in [0.5, 0.6) is 17.2 Å². The van der Waals surface area contributed by atoms with Gasteiger partial charge in [-0.2, -0.15) is 5.26 Å². The van der Waals surface area contributed by atoms with E-state index < -0.39 is 0 Å². The summed E-state index contributed by atoms with van der Waals surface area (Å²) in [5.41, 5.74) is 3.68. The minimum Gasteiger partial charge on any atom is -0.496 e. The maximum Gasteiger partial charge on any atom is 0.216 e. The molecule has 4 aromatic rings. The highest BCUT2D eigenvalue weighted by Crippen LogP contribution is 2.37. The Labute approximate surface area is 249 Å². The molecule has 216 valence electrons. The van der Waals surface area contributed by atoms with Crippen molar-refractivity contribution in [3.8, 4) is 34.4 Å². The van der Waals surface area contributed by atoms with Crippen molar-refractivity contribution in [3.05, 3.63) is 106 Å². The first kappa shape index (κ1) is 30.3. The minimum atomic E-state index is -0.351. The van der Waals surface area contributed by atoms with Gasteiger partial charge in [0.1, 0.15) is 42.3 Å². The largest absolute Gasteiger partial charge is 0.496 e. The maximum absolute atomic E-state index is 14.6. The molecule has 3 aromatic carbocycles. The van der Waals surface area contributed by atoms with Crippen LogP contribution in [-0.4, -0.2) is 31.1 Å². The first-order chi connectivity index (χ1) is 20.4. The van der Waals surface area contributed by atoms with Crippen molar-refractivity contribution in [2.45, 2.75) is 26.7 Å². The van der Waals surface area contributed by atoms with E-state index >= 15 is 0 Å². The molecule has 0 aliphatic heterocycles. The summed E-state index contributed by atoms with van der Waals surface area (Å²) in [6.45, 7) is 3.17. The number of carbonyl (C=O) groups is 1. The molecule has 0 bridgehead atoms. The summed E-state index contributed by atoms with van der Waals surface area (Å²) < 4.78 is 32.5. The Hall–Kier alpha value is -4.65. The minimum absolute atomic E-state index is 0.102. The fraction of sp³-hybridized carbons (Fsp3) is 0.219. The summed E-state index contributed by atoms with van der Waals surface area (Å²) in [5, 5.41) is 15.6. The standard InChI is InChI=1S/C32H30ClFN4O4/c1-21(39)38-11-10-36-18-25-13-28(33)31(14-30(25)41-19-23-12-22(15-35)16-37-17-23)42-20-24-6-5-8-27(32(24)40-2)26-7-3-4-9-29(26)34/h3-9,12-14,16-17,36H,10-11,18-20H2,1-2H3,(H,38,39). The lowest BCUT2D eigenvalue weighted by atomic mass is 10.0. The molecule has 0 radical (unpaired) electrons. The first-order valence-corrected chi connectivity index (χ1v) is 13.6. The number of nitrogens with zero attached hydrogens (tertiary/aromatic N) is 2. The molecular weight excluding hydrogens is 559 g/mol. The topological polar surface area (TPSA) is 106 Å². The molecule has 8 nitrogen and oxygen atoms in total. The molecule has 1 aromatic heterocycles. The number of rotatable bonds is 13. The first-order valence-electron chi connectivity index (χ1n) is 13.2. The third-order valence-electron chi connectivity index (χ3n) is 6.27. The van der Waals surface area contributed by atoms with E-state index in [0.717, 1.165) is 11.1 Å². The highest BCUT2D eigenvalue weighted by atomic mass is 35.5. The molecule has 10 heteroatoms. The van der Waals surface area contributed by atoms with E-state index in [2.05, 4.69) is 21.7 Å². The fourth-order valence-electron chi connectivity index (χ4n) is 4.28. The summed E-state index contributed by atoms with van der Waals surface area (Å²) in [7, 11) is 1.53. The average Bonchev–Trinajstić information content (AvgIpc) is 2.99. The van der Waals surface area contributed by atoms with Crippen LogP contribution in [0.25, 0.3) is 11.1 Å². The van der Waals surface area contributed by atoms with Crippen molar-refractivity contribution in [1.82, 2.24) is 15.6 Å². The SMILES string of the molecule is COc1c(COc2cc(OCc3cncc(C#N)c3)c(CNCCNC(C)=O)cc2Cl)cccc1-c1ccccc1F. The van der Waals surface area contributed by atoms with E-state index in [0.29, 0.717) is 64.2 Å². The molecule has 0 aliphatic carbocycles. The molecule has 0 saturated carbocycles. The Morgan fingerprint density at radius 1 is 0.976 bits per heavy atom. The number of benzene rings is 3. The van der Waals surface area contributed by atoms with E-state index in [-0.39, 0.29) is 24.9 Å². The molecule has 0 spiro atoms. The van der Waals surface area contributed by atoms with Crippen molar-refractivity contribution in [2.75, 3.05) is 20.2 Å². The van der Waals surface area contributed by atoms with Crippen LogP contribution in [0.1, 0.15) is 29.2 Å². The molecule has 2 N–H and O–H groups in total. The van der Waals surface area contributed by atoms with Crippen LogP contribution in [0.3, 0.4) is 0 Å².